The molecule has 0 amide bonds. The number of methoxy groups -OCH3 is 1. The van der Waals surface area contributed by atoms with E-state index in [4.69, 9.17) is 21.1 Å². The van der Waals surface area contributed by atoms with Gasteiger partial charge in [0.25, 0.3) is 0 Å². The molecule has 24 heavy (non-hydrogen) atoms. The molecule has 0 fully saturated rings. The van der Waals surface area contributed by atoms with E-state index < -0.39 is 11.9 Å². The van der Waals surface area contributed by atoms with Crippen molar-refractivity contribution in [3.05, 3.63) is 64.2 Å². The highest BCUT2D eigenvalue weighted by Crippen LogP contribution is 2.21. The number of halogens is 1. The molecule has 0 aromatic heterocycles. The molecule has 2 aromatic rings. The molecule has 0 aliphatic heterocycles. The van der Waals surface area contributed by atoms with Crippen LogP contribution in [0.1, 0.15) is 21.5 Å². The molecule has 0 heterocycles. The molecule has 0 N–H and O–H groups in total. The van der Waals surface area contributed by atoms with Gasteiger partial charge >= 0.3 is 11.9 Å². The van der Waals surface area contributed by atoms with Crippen LogP contribution in [0.5, 0.6) is 5.75 Å². The Hall–Kier alpha value is -2.53. The summed E-state index contributed by atoms with van der Waals surface area (Å²) in [7, 11) is 1.32. The lowest BCUT2D eigenvalue weighted by Crippen LogP contribution is -2.14. The Labute approximate surface area is 145 Å². The Morgan fingerprint density at radius 3 is 2.42 bits per heavy atom. The first-order valence-corrected chi connectivity index (χ1v) is 7.59. The Bertz CT molecular complexity index is 725. The first-order valence-electron chi connectivity index (χ1n) is 7.21. The highest BCUT2D eigenvalue weighted by atomic mass is 35.5. The smallest absolute Gasteiger partial charge is 0.344 e. The summed E-state index contributed by atoms with van der Waals surface area (Å²) in [5.41, 5.74) is 2.07. The van der Waals surface area contributed by atoms with Crippen molar-refractivity contribution in [3.8, 4) is 5.75 Å². The highest BCUT2D eigenvalue weighted by Gasteiger charge is 2.08. The van der Waals surface area contributed by atoms with Crippen molar-refractivity contribution in [2.45, 2.75) is 13.5 Å². The van der Waals surface area contributed by atoms with Gasteiger partial charge in [0.15, 0.2) is 6.61 Å². The number of esters is 2. The summed E-state index contributed by atoms with van der Waals surface area (Å²) >= 11 is 5.92. The third kappa shape index (κ3) is 4.99. The Morgan fingerprint density at radius 2 is 1.79 bits per heavy atom. The summed E-state index contributed by atoms with van der Waals surface area (Å²) in [5, 5.41) is 0.639. The first kappa shape index (κ1) is 17.8. The molecule has 0 unspecified atom stereocenters. The first-order chi connectivity index (χ1) is 11.5. The van der Waals surface area contributed by atoms with E-state index in [1.807, 2.05) is 6.92 Å². The van der Waals surface area contributed by atoms with Crippen LogP contribution in [0.15, 0.2) is 42.5 Å². The van der Waals surface area contributed by atoms with Gasteiger partial charge in [0.05, 0.1) is 12.7 Å². The van der Waals surface area contributed by atoms with Gasteiger partial charge in [-0.1, -0.05) is 23.7 Å². The van der Waals surface area contributed by atoms with Gasteiger partial charge < -0.3 is 14.2 Å². The van der Waals surface area contributed by atoms with E-state index in [-0.39, 0.29) is 13.2 Å². The predicted molar refractivity (Wildman–Crippen MR) is 89.3 cm³/mol. The maximum absolute atomic E-state index is 11.7. The minimum Gasteiger partial charge on any atom is -0.482 e. The Kier molecular flexibility index (Phi) is 6.21. The Balaban J connectivity index is 1.80. The van der Waals surface area contributed by atoms with Crippen LogP contribution in [-0.4, -0.2) is 25.7 Å². The van der Waals surface area contributed by atoms with Gasteiger partial charge in [-0.15, -0.1) is 0 Å². The maximum atomic E-state index is 11.7. The molecule has 0 bridgehead atoms. The largest absolute Gasteiger partial charge is 0.482 e. The molecule has 0 aliphatic rings. The molecule has 2 rings (SSSR count). The van der Waals surface area contributed by atoms with E-state index >= 15 is 0 Å². The number of ether oxygens (including phenoxy) is 3. The van der Waals surface area contributed by atoms with Crippen LogP contribution in [0, 0.1) is 6.92 Å². The fourth-order valence-electron chi connectivity index (χ4n) is 1.91. The van der Waals surface area contributed by atoms with Gasteiger partial charge in [-0.25, -0.2) is 9.59 Å². The van der Waals surface area contributed by atoms with Crippen molar-refractivity contribution in [1.82, 2.24) is 0 Å². The van der Waals surface area contributed by atoms with Gasteiger partial charge in [-0.05, 0) is 48.4 Å². The van der Waals surface area contributed by atoms with Gasteiger partial charge in [0.2, 0.25) is 0 Å². The van der Waals surface area contributed by atoms with Crippen LogP contribution in [0.25, 0.3) is 0 Å². The van der Waals surface area contributed by atoms with Crippen molar-refractivity contribution in [2.75, 3.05) is 13.7 Å². The second kappa shape index (κ2) is 8.36. The molecule has 0 saturated carbocycles. The zero-order chi connectivity index (χ0) is 17.5. The topological polar surface area (TPSA) is 61.8 Å². The molecule has 2 aromatic carbocycles. The fraction of sp³-hybridized carbons (Fsp3) is 0.222. The van der Waals surface area contributed by atoms with Crippen molar-refractivity contribution in [1.29, 1.82) is 0 Å². The SMILES string of the molecule is COC(=O)c1ccc(COC(=O)COc2ccc(Cl)c(C)c2)cc1. The van der Waals surface area contributed by atoms with Gasteiger partial charge in [0.1, 0.15) is 12.4 Å². The third-order valence-corrected chi connectivity index (χ3v) is 3.69. The molecular formula is C18H17ClO5. The lowest BCUT2D eigenvalue weighted by molar-refractivity contribution is -0.147. The normalized spacial score (nSPS) is 10.1. The number of aryl methyl sites for hydroxylation is 1. The molecule has 0 atom stereocenters. The summed E-state index contributed by atoms with van der Waals surface area (Å²) in [6.07, 6.45) is 0. The van der Waals surface area contributed by atoms with Gasteiger partial charge in [-0.3, -0.25) is 0 Å². The van der Waals surface area contributed by atoms with E-state index in [0.717, 1.165) is 11.1 Å². The summed E-state index contributed by atoms with van der Waals surface area (Å²) in [6, 6.07) is 11.8. The monoisotopic (exact) mass is 348 g/mol. The van der Waals surface area contributed by atoms with Crippen LogP contribution < -0.4 is 4.74 Å². The summed E-state index contributed by atoms with van der Waals surface area (Å²) < 4.78 is 15.1. The molecule has 0 aliphatic carbocycles. The number of hydrogen-bond acceptors (Lipinski definition) is 5. The molecule has 0 radical (unpaired) electrons. The molecular weight excluding hydrogens is 332 g/mol. The molecule has 6 heteroatoms. The average Bonchev–Trinajstić information content (AvgIpc) is 2.60. The van der Waals surface area contributed by atoms with Gasteiger partial charge in [0, 0.05) is 5.02 Å². The van der Waals surface area contributed by atoms with Crippen molar-refractivity contribution >= 4 is 23.5 Å². The zero-order valence-corrected chi connectivity index (χ0v) is 14.1. The average molecular weight is 349 g/mol. The van der Waals surface area contributed by atoms with E-state index in [1.165, 1.54) is 7.11 Å². The maximum Gasteiger partial charge on any atom is 0.344 e. The molecule has 0 spiro atoms. The van der Waals surface area contributed by atoms with Crippen molar-refractivity contribution in [3.63, 3.8) is 0 Å². The van der Waals surface area contributed by atoms with Gasteiger partial charge in [-0.2, -0.15) is 0 Å². The number of benzene rings is 2. The molecule has 5 nitrogen and oxygen atoms in total. The van der Waals surface area contributed by atoms with Crippen LogP contribution in [0.2, 0.25) is 5.02 Å². The summed E-state index contributed by atoms with van der Waals surface area (Å²) in [4.78, 5) is 23.0. The lowest BCUT2D eigenvalue weighted by Gasteiger charge is -2.08. The molecule has 126 valence electrons. The summed E-state index contributed by atoms with van der Waals surface area (Å²) in [5.74, 6) is -0.346. The highest BCUT2D eigenvalue weighted by molar-refractivity contribution is 6.31. The van der Waals surface area contributed by atoms with E-state index in [1.54, 1.807) is 42.5 Å². The fourth-order valence-corrected chi connectivity index (χ4v) is 2.03. The van der Waals surface area contributed by atoms with E-state index in [0.29, 0.717) is 16.3 Å². The number of carbonyl (C=O) groups excluding carboxylic acids is 2. The second-order valence-electron chi connectivity index (χ2n) is 5.05. The van der Waals surface area contributed by atoms with Crippen LogP contribution in [0.4, 0.5) is 0 Å². The van der Waals surface area contributed by atoms with Crippen LogP contribution >= 0.6 is 11.6 Å². The third-order valence-electron chi connectivity index (χ3n) is 3.26. The standard InChI is InChI=1S/C18H17ClO5/c1-12-9-15(7-8-16(12)19)23-11-17(20)24-10-13-3-5-14(6-4-13)18(21)22-2/h3-9H,10-11H2,1-2H3. The number of carbonyl (C=O) groups is 2. The predicted octanol–water partition coefficient (Wildman–Crippen LogP) is 3.56. The quantitative estimate of drug-likeness (QED) is 0.747. The van der Waals surface area contributed by atoms with Crippen LogP contribution in [0.3, 0.4) is 0 Å². The van der Waals surface area contributed by atoms with Crippen molar-refractivity contribution in [2.24, 2.45) is 0 Å². The number of hydrogen-bond donors (Lipinski definition) is 0. The number of rotatable bonds is 6. The van der Waals surface area contributed by atoms with E-state index in [9.17, 15) is 9.59 Å². The minimum absolute atomic E-state index is 0.100. The zero-order valence-electron chi connectivity index (χ0n) is 13.4. The minimum atomic E-state index is -0.486. The Morgan fingerprint density at radius 1 is 1.08 bits per heavy atom. The van der Waals surface area contributed by atoms with E-state index in [2.05, 4.69) is 4.74 Å². The molecule has 0 saturated heterocycles. The van der Waals surface area contributed by atoms with Crippen molar-refractivity contribution < 1.29 is 23.8 Å². The lowest BCUT2D eigenvalue weighted by atomic mass is 10.1. The summed E-state index contributed by atoms with van der Waals surface area (Å²) in [6.45, 7) is 1.76. The van der Waals surface area contributed by atoms with Crippen LogP contribution in [-0.2, 0) is 20.9 Å². The second-order valence-corrected chi connectivity index (χ2v) is 5.46.